The second-order valence-corrected chi connectivity index (χ2v) is 5.37. The molecule has 3 aromatic rings. The van der Waals surface area contributed by atoms with Crippen molar-refractivity contribution in [2.24, 2.45) is 0 Å². The van der Waals surface area contributed by atoms with Crippen LogP contribution >= 0.6 is 11.6 Å². The summed E-state index contributed by atoms with van der Waals surface area (Å²) in [6.07, 6.45) is 1.49. The third kappa shape index (κ3) is 4.21. The van der Waals surface area contributed by atoms with Crippen LogP contribution in [-0.2, 0) is 4.74 Å². The van der Waals surface area contributed by atoms with Gasteiger partial charge in [-0.05, 0) is 30.3 Å². The number of benzene rings is 2. The van der Waals surface area contributed by atoms with Gasteiger partial charge < -0.3 is 15.4 Å². The maximum Gasteiger partial charge on any atom is 0.337 e. The molecule has 7 nitrogen and oxygen atoms in total. The van der Waals surface area contributed by atoms with Crippen molar-refractivity contribution < 1.29 is 9.53 Å². The largest absolute Gasteiger partial charge is 0.465 e. The lowest BCUT2D eigenvalue weighted by Crippen LogP contribution is -2.04. The molecule has 1 aromatic heterocycles. The highest BCUT2D eigenvalue weighted by Gasteiger charge is 2.08. The second-order valence-electron chi connectivity index (χ2n) is 4.97. The van der Waals surface area contributed by atoms with Crippen molar-refractivity contribution in [3.8, 4) is 0 Å². The summed E-state index contributed by atoms with van der Waals surface area (Å²) in [7, 11) is 1.33. The zero-order valence-electron chi connectivity index (χ0n) is 13.2. The third-order valence-corrected chi connectivity index (χ3v) is 3.56. The van der Waals surface area contributed by atoms with Gasteiger partial charge >= 0.3 is 5.97 Å². The van der Waals surface area contributed by atoms with E-state index in [2.05, 4.69) is 25.8 Å². The van der Waals surface area contributed by atoms with Crippen molar-refractivity contribution in [2.45, 2.75) is 0 Å². The summed E-state index contributed by atoms with van der Waals surface area (Å²) < 4.78 is 4.71. The number of esters is 1. The zero-order chi connectivity index (χ0) is 17.6. The highest BCUT2D eigenvalue weighted by atomic mass is 35.5. The number of ether oxygens (including phenoxy) is 1. The number of hydrogen-bond acceptors (Lipinski definition) is 7. The Morgan fingerprint density at radius 2 is 1.96 bits per heavy atom. The van der Waals surface area contributed by atoms with Gasteiger partial charge in [0.25, 0.3) is 0 Å². The number of anilines is 4. The first-order chi connectivity index (χ1) is 12.2. The molecule has 0 aliphatic heterocycles. The van der Waals surface area contributed by atoms with Crippen LogP contribution in [0.1, 0.15) is 10.4 Å². The van der Waals surface area contributed by atoms with Gasteiger partial charge in [-0.1, -0.05) is 29.8 Å². The molecular formula is C17H14ClN5O2. The summed E-state index contributed by atoms with van der Waals surface area (Å²) in [6, 6.07) is 14.1. The standard InChI is InChI=1S/C17H14ClN5O2/c1-25-16(24)11-5-4-6-12(9-11)20-17-22-15(10-19-23-17)21-14-8-3-2-7-13(14)18/h2-10H,1H3,(H2,20,21,22,23). The fourth-order valence-electron chi connectivity index (χ4n) is 2.09. The summed E-state index contributed by atoms with van der Waals surface area (Å²) in [5.41, 5.74) is 1.77. The molecule has 0 unspecified atom stereocenters. The van der Waals surface area contributed by atoms with Gasteiger partial charge in [0, 0.05) is 5.69 Å². The Balaban J connectivity index is 1.78. The minimum absolute atomic E-state index is 0.277. The molecule has 0 saturated heterocycles. The molecule has 0 fully saturated rings. The molecule has 0 amide bonds. The number of aromatic nitrogens is 3. The number of carbonyl (C=O) groups excluding carboxylic acids is 1. The van der Waals surface area contributed by atoms with Crippen molar-refractivity contribution in [2.75, 3.05) is 17.7 Å². The van der Waals surface area contributed by atoms with E-state index in [1.807, 2.05) is 18.2 Å². The predicted molar refractivity (Wildman–Crippen MR) is 95.6 cm³/mol. The number of hydrogen-bond donors (Lipinski definition) is 2. The molecule has 3 rings (SSSR count). The number of carbonyl (C=O) groups is 1. The van der Waals surface area contributed by atoms with Crippen molar-refractivity contribution in [3.63, 3.8) is 0 Å². The van der Waals surface area contributed by atoms with Crippen LogP contribution in [0.2, 0.25) is 5.02 Å². The molecule has 126 valence electrons. The van der Waals surface area contributed by atoms with Gasteiger partial charge in [0.15, 0.2) is 5.82 Å². The minimum Gasteiger partial charge on any atom is -0.465 e. The Morgan fingerprint density at radius 1 is 1.12 bits per heavy atom. The molecule has 2 N–H and O–H groups in total. The number of nitrogens with zero attached hydrogens (tertiary/aromatic N) is 3. The van der Waals surface area contributed by atoms with E-state index in [9.17, 15) is 4.79 Å². The van der Waals surface area contributed by atoms with Crippen molar-refractivity contribution in [1.29, 1.82) is 0 Å². The molecular weight excluding hydrogens is 342 g/mol. The normalized spacial score (nSPS) is 10.2. The van der Waals surface area contributed by atoms with Crippen LogP contribution in [-0.4, -0.2) is 28.3 Å². The predicted octanol–water partition coefficient (Wildman–Crippen LogP) is 3.80. The van der Waals surface area contributed by atoms with E-state index in [4.69, 9.17) is 16.3 Å². The lowest BCUT2D eigenvalue weighted by molar-refractivity contribution is 0.0601. The van der Waals surface area contributed by atoms with E-state index >= 15 is 0 Å². The van der Waals surface area contributed by atoms with Crippen LogP contribution in [0.5, 0.6) is 0 Å². The van der Waals surface area contributed by atoms with Crippen LogP contribution in [0.25, 0.3) is 0 Å². The first-order valence-corrected chi connectivity index (χ1v) is 7.70. The molecule has 0 aliphatic carbocycles. The topological polar surface area (TPSA) is 89.0 Å². The van der Waals surface area contributed by atoms with Gasteiger partial charge in [-0.2, -0.15) is 10.1 Å². The molecule has 0 aliphatic rings. The average Bonchev–Trinajstić information content (AvgIpc) is 2.63. The summed E-state index contributed by atoms with van der Waals surface area (Å²) in [4.78, 5) is 15.9. The number of nitrogens with one attached hydrogen (secondary N) is 2. The van der Waals surface area contributed by atoms with E-state index in [0.29, 0.717) is 27.8 Å². The Bertz CT molecular complexity index is 903. The lowest BCUT2D eigenvalue weighted by Gasteiger charge is -2.09. The molecule has 8 heteroatoms. The van der Waals surface area contributed by atoms with E-state index in [1.54, 1.807) is 30.3 Å². The second kappa shape index (κ2) is 7.59. The maximum absolute atomic E-state index is 11.6. The summed E-state index contributed by atoms with van der Waals surface area (Å²) in [5, 5.41) is 14.5. The average molecular weight is 356 g/mol. The fourth-order valence-corrected chi connectivity index (χ4v) is 2.27. The molecule has 1 heterocycles. The summed E-state index contributed by atoms with van der Waals surface area (Å²) in [5.74, 6) is 0.339. The van der Waals surface area contributed by atoms with Crippen molar-refractivity contribution in [3.05, 3.63) is 65.3 Å². The first-order valence-electron chi connectivity index (χ1n) is 7.32. The monoisotopic (exact) mass is 355 g/mol. The van der Waals surface area contributed by atoms with E-state index in [0.717, 1.165) is 0 Å². The van der Waals surface area contributed by atoms with Crippen LogP contribution in [0, 0.1) is 0 Å². The Kier molecular flexibility index (Phi) is 5.06. The van der Waals surface area contributed by atoms with E-state index < -0.39 is 5.97 Å². The highest BCUT2D eigenvalue weighted by molar-refractivity contribution is 6.33. The van der Waals surface area contributed by atoms with Crippen LogP contribution in [0.3, 0.4) is 0 Å². The Hall–Kier alpha value is -3.19. The molecule has 0 radical (unpaired) electrons. The minimum atomic E-state index is -0.420. The quantitative estimate of drug-likeness (QED) is 0.673. The maximum atomic E-state index is 11.6. The number of methoxy groups -OCH3 is 1. The number of para-hydroxylation sites is 1. The fraction of sp³-hybridized carbons (Fsp3) is 0.0588. The van der Waals surface area contributed by atoms with Gasteiger partial charge in [-0.3, -0.25) is 0 Å². The number of halogens is 1. The Morgan fingerprint density at radius 3 is 2.76 bits per heavy atom. The molecule has 0 saturated carbocycles. The highest BCUT2D eigenvalue weighted by Crippen LogP contribution is 2.24. The molecule has 0 spiro atoms. The van der Waals surface area contributed by atoms with Gasteiger partial charge in [0.1, 0.15) is 0 Å². The Labute approximate surface area is 149 Å². The zero-order valence-corrected chi connectivity index (χ0v) is 14.0. The molecule has 0 atom stereocenters. The summed E-state index contributed by atoms with van der Waals surface area (Å²) >= 11 is 6.12. The third-order valence-electron chi connectivity index (χ3n) is 3.24. The molecule has 0 bridgehead atoms. The van der Waals surface area contributed by atoms with Gasteiger partial charge in [-0.15, -0.1) is 5.10 Å². The van der Waals surface area contributed by atoms with Gasteiger partial charge in [0.05, 0.1) is 29.6 Å². The SMILES string of the molecule is COC(=O)c1cccc(Nc2nncc(Nc3ccccc3Cl)n2)c1. The van der Waals surface area contributed by atoms with Crippen molar-refractivity contribution in [1.82, 2.24) is 15.2 Å². The van der Waals surface area contributed by atoms with Crippen molar-refractivity contribution >= 4 is 40.7 Å². The van der Waals surface area contributed by atoms with Crippen LogP contribution in [0.4, 0.5) is 23.1 Å². The summed E-state index contributed by atoms with van der Waals surface area (Å²) in [6.45, 7) is 0. The van der Waals surface area contributed by atoms with E-state index in [-0.39, 0.29) is 5.95 Å². The van der Waals surface area contributed by atoms with Crippen LogP contribution < -0.4 is 10.6 Å². The van der Waals surface area contributed by atoms with Gasteiger partial charge in [-0.25, -0.2) is 4.79 Å². The van der Waals surface area contributed by atoms with Gasteiger partial charge in [0.2, 0.25) is 5.95 Å². The smallest absolute Gasteiger partial charge is 0.337 e. The molecule has 25 heavy (non-hydrogen) atoms. The van der Waals surface area contributed by atoms with E-state index in [1.165, 1.54) is 13.3 Å². The first kappa shape index (κ1) is 16.7. The molecule has 2 aromatic carbocycles. The number of rotatable bonds is 5. The van der Waals surface area contributed by atoms with Crippen LogP contribution in [0.15, 0.2) is 54.7 Å². The lowest BCUT2D eigenvalue weighted by atomic mass is 10.2.